The van der Waals surface area contributed by atoms with E-state index in [2.05, 4.69) is 31.2 Å². The number of unbranched alkanes of at least 4 members (excludes halogenated alkanes) is 12. The zero-order valence-corrected chi connectivity index (χ0v) is 19.8. The molecule has 161 valence electrons. The molecule has 1 unspecified atom stereocenters. The van der Waals surface area contributed by atoms with E-state index in [1.807, 2.05) is 30.3 Å². The van der Waals surface area contributed by atoms with Crippen molar-refractivity contribution in [1.82, 2.24) is 0 Å². The van der Waals surface area contributed by atoms with Crippen molar-refractivity contribution < 1.29 is 16.8 Å². The van der Waals surface area contributed by atoms with Crippen LogP contribution in [-0.2, 0) is 16.8 Å². The monoisotopic (exact) mass is 448 g/mol. The van der Waals surface area contributed by atoms with Gasteiger partial charge in [0.15, 0.2) is 0 Å². The molecule has 1 aliphatic rings. The van der Waals surface area contributed by atoms with E-state index in [1.54, 1.807) is 0 Å². The molecule has 0 fully saturated rings. The normalized spacial score (nSPS) is 13.8. The van der Waals surface area contributed by atoms with Crippen LogP contribution in [0.2, 0.25) is 0 Å². The largest absolute Gasteiger partial charge is 2.00 e. The first-order chi connectivity index (χ1) is 13.3. The second-order valence-electron chi connectivity index (χ2n) is 7.86. The van der Waals surface area contributed by atoms with Crippen molar-refractivity contribution in [2.45, 2.75) is 102 Å². The van der Waals surface area contributed by atoms with E-state index in [0.29, 0.717) is 11.3 Å². The molecule has 1 aromatic rings. The number of hydrogen-bond acceptors (Lipinski definition) is 0. The predicted molar refractivity (Wildman–Crippen MR) is 124 cm³/mol. The smallest absolute Gasteiger partial charge is 0.214 e. The SMILES string of the molecule is CCCCCCCCCCCCCCCC(Cl)C1C=CC=C1.[Co+2].c1cc[cH-]c1. The second-order valence-corrected chi connectivity index (χ2v) is 8.42. The summed E-state index contributed by atoms with van der Waals surface area (Å²) in [6, 6.07) is 10.0. The summed E-state index contributed by atoms with van der Waals surface area (Å²) in [7, 11) is 0. The summed E-state index contributed by atoms with van der Waals surface area (Å²) in [5.41, 5.74) is 0. The minimum atomic E-state index is 0. The number of hydrogen-bond donors (Lipinski definition) is 0. The maximum atomic E-state index is 6.43. The number of alkyl halides is 1. The van der Waals surface area contributed by atoms with Gasteiger partial charge in [-0.3, -0.25) is 0 Å². The van der Waals surface area contributed by atoms with Gasteiger partial charge in [-0.15, -0.1) is 11.6 Å². The van der Waals surface area contributed by atoms with Crippen LogP contribution >= 0.6 is 11.6 Å². The first-order valence-electron chi connectivity index (χ1n) is 11.5. The summed E-state index contributed by atoms with van der Waals surface area (Å²) in [6.07, 6.45) is 28.3. The van der Waals surface area contributed by atoms with E-state index in [9.17, 15) is 0 Å². The van der Waals surface area contributed by atoms with Gasteiger partial charge in [0.1, 0.15) is 0 Å². The Morgan fingerprint density at radius 2 is 1.14 bits per heavy atom. The van der Waals surface area contributed by atoms with Crippen LogP contribution < -0.4 is 0 Å². The Bertz CT molecular complexity index is 420. The van der Waals surface area contributed by atoms with Crippen LogP contribution in [0.4, 0.5) is 0 Å². The van der Waals surface area contributed by atoms with Gasteiger partial charge in [-0.1, -0.05) is 115 Å². The molecule has 0 bridgehead atoms. The van der Waals surface area contributed by atoms with Gasteiger partial charge in [0.05, 0.1) is 0 Å². The van der Waals surface area contributed by atoms with Gasteiger partial charge in [0.25, 0.3) is 0 Å². The van der Waals surface area contributed by atoms with Gasteiger partial charge < -0.3 is 0 Å². The number of rotatable bonds is 15. The maximum Gasteiger partial charge on any atom is 2.00 e. The van der Waals surface area contributed by atoms with Crippen LogP contribution in [0.15, 0.2) is 54.6 Å². The molecule has 2 heteroatoms. The summed E-state index contributed by atoms with van der Waals surface area (Å²) in [4.78, 5) is 0. The molecule has 28 heavy (non-hydrogen) atoms. The fourth-order valence-electron chi connectivity index (χ4n) is 3.56. The zero-order chi connectivity index (χ0) is 19.4. The standard InChI is InChI=1S/C21H37Cl.C5H5.Co/c1-2-3-4-5-6-7-8-9-10-11-12-13-14-19-21(22)20-17-15-16-18-20;1-2-4-5-3-1;/h15-18,20-21H,2-14,19H2,1H3;1-5H;/q;-1;+2. The van der Waals surface area contributed by atoms with Crippen LogP contribution in [-0.4, -0.2) is 5.38 Å². The molecule has 1 aromatic carbocycles. The molecule has 0 nitrogen and oxygen atoms in total. The Balaban J connectivity index is 0.00000105. The van der Waals surface area contributed by atoms with Crippen LogP contribution in [0.5, 0.6) is 0 Å². The third-order valence-electron chi connectivity index (χ3n) is 5.33. The van der Waals surface area contributed by atoms with Crippen molar-refractivity contribution in [3.05, 3.63) is 54.6 Å². The Hall–Kier alpha value is -0.374. The van der Waals surface area contributed by atoms with Gasteiger partial charge >= 0.3 is 16.8 Å². The van der Waals surface area contributed by atoms with E-state index in [4.69, 9.17) is 11.6 Å². The minimum absolute atomic E-state index is 0. The summed E-state index contributed by atoms with van der Waals surface area (Å²) in [6.45, 7) is 2.29. The Morgan fingerprint density at radius 3 is 1.54 bits per heavy atom. The van der Waals surface area contributed by atoms with Crippen LogP contribution in [0.25, 0.3) is 0 Å². The van der Waals surface area contributed by atoms with Gasteiger partial charge in [-0.25, -0.2) is 12.1 Å². The molecule has 0 aromatic heterocycles. The molecule has 1 aliphatic carbocycles. The van der Waals surface area contributed by atoms with Crippen molar-refractivity contribution in [3.8, 4) is 0 Å². The fourth-order valence-corrected chi connectivity index (χ4v) is 3.88. The van der Waals surface area contributed by atoms with Gasteiger partial charge in [-0.2, -0.15) is 18.2 Å². The van der Waals surface area contributed by atoms with Crippen molar-refractivity contribution in [3.63, 3.8) is 0 Å². The van der Waals surface area contributed by atoms with Crippen molar-refractivity contribution in [1.29, 1.82) is 0 Å². The molecular weight excluding hydrogens is 407 g/mol. The van der Waals surface area contributed by atoms with Crippen LogP contribution in [0.3, 0.4) is 0 Å². The van der Waals surface area contributed by atoms with Gasteiger partial charge in [0.2, 0.25) is 0 Å². The molecule has 0 aliphatic heterocycles. The van der Waals surface area contributed by atoms with Gasteiger partial charge in [0, 0.05) is 11.3 Å². The molecular formula is C26H42ClCo+. The molecule has 0 heterocycles. The Kier molecular flexibility index (Phi) is 21.1. The molecule has 0 spiro atoms. The van der Waals surface area contributed by atoms with Gasteiger partial charge in [-0.05, 0) is 6.42 Å². The molecule has 0 N–H and O–H groups in total. The van der Waals surface area contributed by atoms with Crippen LogP contribution in [0, 0.1) is 5.92 Å². The first kappa shape index (κ1) is 27.6. The van der Waals surface area contributed by atoms with Crippen molar-refractivity contribution >= 4 is 11.6 Å². The molecule has 0 saturated carbocycles. The van der Waals surface area contributed by atoms with Crippen molar-refractivity contribution in [2.24, 2.45) is 5.92 Å². The molecule has 2 rings (SSSR count). The van der Waals surface area contributed by atoms with Crippen LogP contribution in [0.1, 0.15) is 96.8 Å². The summed E-state index contributed by atoms with van der Waals surface area (Å²) in [5.74, 6) is 0.485. The maximum absolute atomic E-state index is 6.43. The molecule has 1 atom stereocenters. The minimum Gasteiger partial charge on any atom is -0.214 e. The summed E-state index contributed by atoms with van der Waals surface area (Å²) in [5, 5.41) is 0.308. The fraction of sp³-hybridized carbons (Fsp3) is 0.654. The Labute approximate surface area is 190 Å². The number of halogens is 1. The van der Waals surface area contributed by atoms with E-state index < -0.39 is 0 Å². The first-order valence-corrected chi connectivity index (χ1v) is 11.9. The molecule has 0 saturated heterocycles. The third-order valence-corrected chi connectivity index (χ3v) is 5.84. The third kappa shape index (κ3) is 16.6. The van der Waals surface area contributed by atoms with E-state index in [-0.39, 0.29) is 16.8 Å². The molecule has 0 amide bonds. The topological polar surface area (TPSA) is 0 Å². The average Bonchev–Trinajstić information content (AvgIpc) is 3.42. The molecule has 1 radical (unpaired) electrons. The second kappa shape index (κ2) is 21.3. The van der Waals surface area contributed by atoms with E-state index in [1.165, 1.54) is 89.9 Å². The van der Waals surface area contributed by atoms with E-state index in [0.717, 1.165) is 0 Å². The quantitative estimate of drug-likeness (QED) is 0.142. The summed E-state index contributed by atoms with van der Waals surface area (Å²) >= 11 is 6.43. The predicted octanol–water partition coefficient (Wildman–Crippen LogP) is 9.22. The Morgan fingerprint density at radius 1 is 0.714 bits per heavy atom. The average molecular weight is 449 g/mol. The van der Waals surface area contributed by atoms with E-state index >= 15 is 0 Å². The zero-order valence-electron chi connectivity index (χ0n) is 18.0. The van der Waals surface area contributed by atoms with Crippen molar-refractivity contribution in [2.75, 3.05) is 0 Å². The summed E-state index contributed by atoms with van der Waals surface area (Å²) < 4.78 is 0. The number of allylic oxidation sites excluding steroid dienone is 4.